The number of nitrogens with zero attached hydrogens (tertiary/aromatic N) is 3. The van der Waals surface area contributed by atoms with Crippen molar-refractivity contribution in [3.63, 3.8) is 0 Å². The van der Waals surface area contributed by atoms with Crippen LogP contribution < -0.4 is 50.5 Å². The standard InChI is InChI=1S/2C18H15P.C9H7F3N4.CH2Cl2.ClHO4.Cu/c2*1-4-10-16(11-5-1)19(17-12-6-2-7-13-17)18-14-8-3-9-15-18;1-5-2-3-13-6(4-5)7-14-8(16-15-7)9(10,11)12;2-1-3;2-1(3,4)5;/h2*1-15H;2-4H,1H3,(H,14,15,16);1H2;(H,2,3,4,5);/q;;;;;+1/p+1. The Morgan fingerprint density at radius 3 is 1.03 bits per heavy atom. The predicted molar refractivity (Wildman–Crippen MR) is 239 cm³/mol. The average Bonchev–Trinajstić information content (AvgIpc) is 3.79. The summed E-state index contributed by atoms with van der Waals surface area (Å²) in [5.41, 5.74) is 1.22. The summed E-state index contributed by atoms with van der Waals surface area (Å²) in [6, 6.07) is 68.4. The second-order valence-electron chi connectivity index (χ2n) is 12.6. The van der Waals surface area contributed by atoms with E-state index < -0.39 is 38.1 Å². The van der Waals surface area contributed by atoms with Crippen molar-refractivity contribution in [2.45, 2.75) is 13.1 Å². The molecule has 0 unspecified atom stereocenters. The van der Waals surface area contributed by atoms with E-state index in [1.807, 2.05) is 6.92 Å². The summed E-state index contributed by atoms with van der Waals surface area (Å²) in [6.07, 6.45) is -3.04. The number of halogens is 6. The van der Waals surface area contributed by atoms with Gasteiger partial charge in [0.1, 0.15) is 37.5 Å². The van der Waals surface area contributed by atoms with E-state index in [1.54, 1.807) is 12.1 Å². The van der Waals surface area contributed by atoms with Crippen LogP contribution in [0.15, 0.2) is 200 Å². The van der Waals surface area contributed by atoms with Gasteiger partial charge in [-0.15, -0.1) is 38.5 Å². The molecule has 0 bridgehead atoms. The molecule has 17 heteroatoms. The Balaban J connectivity index is 0.000000231. The molecule has 0 atom stereocenters. The first-order valence-electron chi connectivity index (χ1n) is 18.5. The molecule has 0 saturated heterocycles. The average molecular weight is 1000 g/mol. The minimum Gasteiger partial charge on any atom is -0.257 e. The van der Waals surface area contributed by atoms with Crippen molar-refractivity contribution in [2.75, 3.05) is 5.34 Å². The third kappa shape index (κ3) is 19.0. The van der Waals surface area contributed by atoms with Gasteiger partial charge in [0.25, 0.3) is 5.82 Å². The fourth-order valence-electron chi connectivity index (χ4n) is 5.80. The Labute approximate surface area is 389 Å². The van der Waals surface area contributed by atoms with Gasteiger partial charge in [0.2, 0.25) is 0 Å². The van der Waals surface area contributed by atoms with E-state index >= 15 is 0 Å². The molecular weight excluding hydrogens is 961 g/mol. The number of nitrogens with one attached hydrogen (secondary N) is 1. The first-order chi connectivity index (χ1) is 29.8. The van der Waals surface area contributed by atoms with Crippen LogP contribution in [0.4, 0.5) is 13.2 Å². The molecule has 8 nitrogen and oxygen atoms in total. The van der Waals surface area contributed by atoms with Crippen LogP contribution in [-0.2, 0) is 23.2 Å². The number of benzene rings is 6. The van der Waals surface area contributed by atoms with Gasteiger partial charge in [-0.25, -0.2) is 23.6 Å². The summed E-state index contributed by atoms with van der Waals surface area (Å²) < 4.78 is 70.7. The molecule has 2 aromatic heterocycles. The number of aryl methyl sites for hydroxylation is 1. The van der Waals surface area contributed by atoms with E-state index in [2.05, 4.69) is 202 Å². The largest absolute Gasteiger partial charge is 1.00 e. The molecule has 0 amide bonds. The number of rotatable bonds is 7. The second-order valence-corrected chi connectivity index (χ2v) is 19.2. The van der Waals surface area contributed by atoms with Gasteiger partial charge in [-0.05, 0) is 97.4 Å². The molecule has 0 saturated carbocycles. The number of aromatic nitrogens is 4. The summed E-state index contributed by atoms with van der Waals surface area (Å²) >= 11 is 9.53. The smallest absolute Gasteiger partial charge is 0.257 e. The summed E-state index contributed by atoms with van der Waals surface area (Å²) in [6.45, 7) is 1.81. The number of hydrogen-bond acceptors (Lipinski definition) is 7. The molecule has 1 N–H and O–H groups in total. The van der Waals surface area contributed by atoms with E-state index in [0.717, 1.165) is 5.56 Å². The SMILES string of the molecule is Cc1ccnc(-c2nc(C(F)(F)F)n[nH]2)c1.ClCCl.[Cu+].[O-][Cl+3]([O-])([O-])[O-].c1ccc([PH+](c2ccccc2)c2ccccc2)cc1.c1ccc([PH+](c2ccccc2)c2ccccc2)cc1. The zero-order valence-electron chi connectivity index (χ0n) is 33.3. The van der Waals surface area contributed by atoms with E-state index in [4.69, 9.17) is 41.8 Å². The van der Waals surface area contributed by atoms with Gasteiger partial charge >= 0.3 is 23.2 Å². The van der Waals surface area contributed by atoms with E-state index in [-0.39, 0.29) is 28.2 Å². The number of hydrogen-bond donors (Lipinski definition) is 1. The Morgan fingerprint density at radius 2 is 0.810 bits per heavy atom. The van der Waals surface area contributed by atoms with Crippen LogP contribution in [-0.4, -0.2) is 25.5 Å². The van der Waals surface area contributed by atoms with E-state index in [0.29, 0.717) is 5.69 Å². The predicted octanol–water partition coefficient (Wildman–Crippen LogP) is 5.21. The molecule has 0 aliphatic rings. The minimum atomic E-state index is -4.94. The van der Waals surface area contributed by atoms with Crippen LogP contribution in [0.25, 0.3) is 11.5 Å². The van der Waals surface area contributed by atoms with Crippen LogP contribution >= 0.6 is 39.0 Å². The maximum atomic E-state index is 12.2. The van der Waals surface area contributed by atoms with Gasteiger partial charge in [-0.2, -0.15) is 13.2 Å². The molecule has 63 heavy (non-hydrogen) atoms. The summed E-state index contributed by atoms with van der Waals surface area (Å²) in [5.74, 6) is -1.18. The Hall–Kier alpha value is -4.51. The molecule has 0 fully saturated rings. The van der Waals surface area contributed by atoms with Crippen molar-refractivity contribution < 1.29 is 59.1 Å². The van der Waals surface area contributed by atoms with Crippen LogP contribution in [0.1, 0.15) is 11.4 Å². The summed E-state index contributed by atoms with van der Waals surface area (Å²) in [4.78, 5) is 7.24. The summed E-state index contributed by atoms with van der Waals surface area (Å²) in [5, 5.41) is 14.1. The Bertz CT molecular complexity index is 2120. The third-order valence-corrected chi connectivity index (χ3v) is 13.7. The van der Waals surface area contributed by atoms with Crippen LogP contribution in [0.2, 0.25) is 0 Å². The number of pyridine rings is 1. The molecule has 0 spiro atoms. The number of H-pyrrole nitrogens is 1. The second kappa shape index (κ2) is 27.6. The zero-order chi connectivity index (χ0) is 44.8. The van der Waals surface area contributed by atoms with Crippen molar-refractivity contribution >= 4 is 70.9 Å². The van der Waals surface area contributed by atoms with Crippen molar-refractivity contribution in [3.05, 3.63) is 212 Å². The third-order valence-electron chi connectivity index (χ3n) is 8.27. The van der Waals surface area contributed by atoms with Gasteiger partial charge < -0.3 is 0 Å². The topological polar surface area (TPSA) is 147 Å². The van der Waals surface area contributed by atoms with Crippen molar-refractivity contribution in [3.8, 4) is 11.5 Å². The molecule has 0 aliphatic carbocycles. The maximum Gasteiger partial charge on any atom is 1.00 e. The van der Waals surface area contributed by atoms with E-state index in [1.165, 1.54) is 38.0 Å². The van der Waals surface area contributed by atoms with Gasteiger partial charge in [-0.1, -0.05) is 109 Å². The molecule has 0 radical (unpaired) electrons. The Kier molecular flexibility index (Phi) is 23.2. The molecule has 8 aromatic rings. The minimum absolute atomic E-state index is 0. The number of aromatic amines is 1. The van der Waals surface area contributed by atoms with E-state index in [9.17, 15) is 13.2 Å². The summed E-state index contributed by atoms with van der Waals surface area (Å²) in [7, 11) is -6.70. The fourth-order valence-corrected chi connectivity index (χ4v) is 11.0. The quantitative estimate of drug-likeness (QED) is 0.131. The molecule has 6 aromatic carbocycles. The molecule has 0 aliphatic heterocycles. The first kappa shape index (κ1) is 52.8. The fraction of sp³-hybridized carbons (Fsp3) is 0.0652. The van der Waals surface area contributed by atoms with Crippen LogP contribution in [0.5, 0.6) is 0 Å². The van der Waals surface area contributed by atoms with Crippen LogP contribution in [0, 0.1) is 17.2 Å². The van der Waals surface area contributed by atoms with Gasteiger partial charge in [0.15, 0.2) is 5.82 Å². The Morgan fingerprint density at radius 1 is 0.540 bits per heavy atom. The van der Waals surface area contributed by atoms with Crippen molar-refractivity contribution in [1.82, 2.24) is 20.2 Å². The van der Waals surface area contributed by atoms with Crippen LogP contribution in [0.3, 0.4) is 0 Å². The zero-order valence-corrected chi connectivity index (χ0v) is 38.5. The van der Waals surface area contributed by atoms with Crippen molar-refractivity contribution in [1.29, 1.82) is 0 Å². The molecule has 330 valence electrons. The molecule has 8 rings (SSSR count). The monoisotopic (exact) mass is 1000 g/mol. The number of alkyl halides is 5. The molecular formula is C46H41Cl3CuF3N4O4P2+2. The first-order valence-corrected chi connectivity index (χ1v) is 23.8. The van der Waals surface area contributed by atoms with Gasteiger partial charge in [-0.3, -0.25) is 10.1 Å². The van der Waals surface area contributed by atoms with Crippen molar-refractivity contribution in [2.24, 2.45) is 0 Å². The van der Waals surface area contributed by atoms with Gasteiger partial charge in [0, 0.05) is 6.20 Å². The maximum absolute atomic E-state index is 12.2. The molecule has 2 heterocycles. The van der Waals surface area contributed by atoms with Gasteiger partial charge in [0.05, 0.1) is 21.2 Å². The normalized spacial score (nSPS) is 10.6.